The Bertz CT molecular complexity index is 1380. The van der Waals surface area contributed by atoms with Crippen molar-refractivity contribution < 1.29 is 8.42 Å². The van der Waals surface area contributed by atoms with Gasteiger partial charge in [0.15, 0.2) is 5.82 Å². The molecule has 3 heterocycles. The van der Waals surface area contributed by atoms with E-state index >= 15 is 0 Å². The number of benzene rings is 1. The van der Waals surface area contributed by atoms with Gasteiger partial charge in [0.1, 0.15) is 0 Å². The minimum absolute atomic E-state index is 0.0439. The largest absolute Gasteiger partial charge is 0.280 e. The third kappa shape index (κ3) is 3.39. The second kappa shape index (κ2) is 7.68. The van der Waals surface area contributed by atoms with Crippen molar-refractivity contribution in [1.29, 1.82) is 0 Å². The van der Waals surface area contributed by atoms with E-state index in [1.165, 1.54) is 11.1 Å². The number of aromatic nitrogens is 2. The van der Waals surface area contributed by atoms with Crippen LogP contribution in [0.1, 0.15) is 40.8 Å². The first-order chi connectivity index (χ1) is 16.0. The van der Waals surface area contributed by atoms with E-state index in [9.17, 15) is 8.42 Å². The summed E-state index contributed by atoms with van der Waals surface area (Å²) in [6.45, 7) is 1.96. The second-order valence-corrected chi connectivity index (χ2v) is 12.2. The molecule has 0 saturated heterocycles. The van der Waals surface area contributed by atoms with Gasteiger partial charge in [0.25, 0.3) is 10.0 Å². The van der Waals surface area contributed by atoms with Gasteiger partial charge >= 0.3 is 0 Å². The van der Waals surface area contributed by atoms with Gasteiger partial charge in [-0.05, 0) is 76.7 Å². The van der Waals surface area contributed by atoms with Crippen LogP contribution in [0.25, 0.3) is 6.08 Å². The fourth-order valence-corrected chi connectivity index (χ4v) is 7.79. The molecular weight excluding hydrogens is 470 g/mol. The Balaban J connectivity index is 1.44. The van der Waals surface area contributed by atoms with Gasteiger partial charge in [-0.2, -0.15) is 27.8 Å². The lowest BCUT2D eigenvalue weighted by Gasteiger charge is -2.33. The molecule has 1 aromatic carbocycles. The van der Waals surface area contributed by atoms with Crippen LogP contribution in [0, 0.1) is 6.92 Å². The first-order valence-electron chi connectivity index (χ1n) is 10.9. The van der Waals surface area contributed by atoms with E-state index in [1.807, 2.05) is 19.1 Å². The smallest absolute Gasteiger partial charge is 0.265 e. The average molecular weight is 494 g/mol. The highest BCUT2D eigenvalue weighted by molar-refractivity contribution is 7.92. The number of nitrogens with zero attached hydrogens (tertiary/aromatic N) is 2. The molecule has 2 aliphatic carbocycles. The number of aromatic amines is 1. The molecule has 0 atom stereocenters. The van der Waals surface area contributed by atoms with Crippen LogP contribution in [0.4, 0.5) is 5.82 Å². The monoisotopic (exact) mass is 493 g/mol. The molecule has 2 aliphatic rings. The van der Waals surface area contributed by atoms with Crippen LogP contribution >= 0.6 is 22.7 Å². The number of nitrogens with one attached hydrogen (secondary N) is 1. The van der Waals surface area contributed by atoms with E-state index in [4.69, 9.17) is 0 Å². The molecule has 1 N–H and O–H groups in total. The van der Waals surface area contributed by atoms with Crippen LogP contribution < -0.4 is 4.31 Å². The number of fused-ring (bicyclic) bond motifs is 1. The number of anilines is 1. The zero-order valence-corrected chi connectivity index (χ0v) is 20.5. The summed E-state index contributed by atoms with van der Waals surface area (Å²) in [6, 6.07) is 11.4. The summed E-state index contributed by atoms with van der Waals surface area (Å²) in [5, 5.41) is 16.4. The van der Waals surface area contributed by atoms with Gasteiger partial charge in [0.2, 0.25) is 0 Å². The van der Waals surface area contributed by atoms with Gasteiger partial charge < -0.3 is 0 Å². The highest BCUT2D eigenvalue weighted by atomic mass is 32.2. The topological polar surface area (TPSA) is 66.1 Å². The molecule has 0 radical (unpaired) electrons. The first-order valence-corrected chi connectivity index (χ1v) is 14.2. The third-order valence-electron chi connectivity index (χ3n) is 6.59. The van der Waals surface area contributed by atoms with Crippen LogP contribution in [-0.4, -0.2) is 24.7 Å². The lowest BCUT2D eigenvalue weighted by Crippen LogP contribution is -2.34. The highest BCUT2D eigenvalue weighted by Crippen LogP contribution is 2.46. The Morgan fingerprint density at radius 3 is 2.27 bits per heavy atom. The fraction of sp³-hybridized carbons (Fsp3) is 0.240. The molecule has 5 nitrogen and oxygen atoms in total. The number of sulfonamides is 1. The quantitative estimate of drug-likeness (QED) is 0.372. The van der Waals surface area contributed by atoms with Crippen LogP contribution in [-0.2, 0) is 21.9 Å². The summed E-state index contributed by atoms with van der Waals surface area (Å²) in [6.07, 6.45) is 6.70. The predicted molar refractivity (Wildman–Crippen MR) is 135 cm³/mol. The molecule has 0 unspecified atom stereocenters. The molecule has 0 aliphatic heterocycles. The van der Waals surface area contributed by atoms with Gasteiger partial charge in [0, 0.05) is 29.1 Å². The number of hydrogen-bond donors (Lipinski definition) is 1. The summed E-state index contributed by atoms with van der Waals surface area (Å²) < 4.78 is 28.9. The first kappa shape index (κ1) is 20.9. The van der Waals surface area contributed by atoms with E-state index in [2.05, 4.69) is 56.0 Å². The van der Waals surface area contributed by atoms with Crippen LogP contribution in [0.15, 0.2) is 68.9 Å². The molecule has 33 heavy (non-hydrogen) atoms. The van der Waals surface area contributed by atoms with Gasteiger partial charge in [-0.1, -0.05) is 29.8 Å². The number of thiophene rings is 2. The lowest BCUT2D eigenvalue weighted by molar-refractivity contribution is 0.589. The van der Waals surface area contributed by atoms with Crippen molar-refractivity contribution in [3.63, 3.8) is 0 Å². The Morgan fingerprint density at radius 2 is 1.70 bits per heavy atom. The molecule has 0 amide bonds. The molecule has 0 spiro atoms. The van der Waals surface area contributed by atoms with E-state index in [-0.39, 0.29) is 11.5 Å². The van der Waals surface area contributed by atoms with E-state index in [0.29, 0.717) is 17.1 Å². The van der Waals surface area contributed by atoms with Crippen molar-refractivity contribution >= 4 is 44.6 Å². The molecule has 168 valence electrons. The summed E-state index contributed by atoms with van der Waals surface area (Å²) in [5.74, 6) is 0.508. The molecule has 0 bridgehead atoms. The minimum Gasteiger partial charge on any atom is -0.280 e. The minimum atomic E-state index is -3.71. The number of allylic oxidation sites excluding steroid dienone is 1. The van der Waals surface area contributed by atoms with E-state index in [0.717, 1.165) is 29.7 Å². The zero-order chi connectivity index (χ0) is 22.6. The van der Waals surface area contributed by atoms with Crippen molar-refractivity contribution in [1.82, 2.24) is 10.2 Å². The van der Waals surface area contributed by atoms with Gasteiger partial charge in [0.05, 0.1) is 4.90 Å². The van der Waals surface area contributed by atoms with Crippen molar-refractivity contribution in [3.05, 3.63) is 91.9 Å². The predicted octanol–water partition coefficient (Wildman–Crippen LogP) is 5.75. The number of hydrogen-bond acceptors (Lipinski definition) is 5. The van der Waals surface area contributed by atoms with Crippen molar-refractivity contribution in [2.45, 2.75) is 42.5 Å². The maximum atomic E-state index is 13.7. The lowest BCUT2D eigenvalue weighted by atomic mass is 9.70. The normalized spacial score (nSPS) is 17.1. The molecule has 4 aromatic rings. The van der Waals surface area contributed by atoms with Gasteiger partial charge in [-0.25, -0.2) is 12.7 Å². The summed E-state index contributed by atoms with van der Waals surface area (Å²) >= 11 is 3.38. The Morgan fingerprint density at radius 1 is 1.03 bits per heavy atom. The average Bonchev–Trinajstić information content (AvgIpc) is 3.23. The number of H-pyrrole nitrogens is 1. The second-order valence-electron chi connectivity index (χ2n) is 8.79. The number of aryl methyl sites for hydroxylation is 1. The standard InChI is InChI=1S/C25H23N3O2S3/c1-17-2-6-21(7-3-17)33(29,30)28(20-4-5-20)24-22-8-11-25(14-23(22)26-27-24,18-9-12-31-15-18)19-10-13-32-16-19/h2-3,6-13,15-16,20H,4-5,14H2,1H3,(H,26,27). The molecular formula is C25H23N3O2S3. The maximum absolute atomic E-state index is 13.7. The summed E-state index contributed by atoms with van der Waals surface area (Å²) in [4.78, 5) is 0.308. The van der Waals surface area contributed by atoms with Crippen molar-refractivity contribution in [2.75, 3.05) is 4.31 Å². The third-order valence-corrected chi connectivity index (χ3v) is 9.81. The van der Waals surface area contributed by atoms with E-state index in [1.54, 1.807) is 39.1 Å². The Kier molecular flexibility index (Phi) is 4.87. The SMILES string of the molecule is Cc1ccc(S(=O)(=O)N(c2n[nH]c3c2C=CC(c2ccsc2)(c2ccsc2)C3)C2CC2)cc1. The van der Waals surface area contributed by atoms with Gasteiger partial charge in [-0.15, -0.1) is 0 Å². The molecule has 8 heteroatoms. The molecule has 1 fully saturated rings. The highest BCUT2D eigenvalue weighted by Gasteiger charge is 2.43. The van der Waals surface area contributed by atoms with Crippen molar-refractivity contribution in [2.24, 2.45) is 0 Å². The van der Waals surface area contributed by atoms with Crippen LogP contribution in [0.5, 0.6) is 0 Å². The van der Waals surface area contributed by atoms with E-state index < -0.39 is 10.0 Å². The summed E-state index contributed by atoms with van der Waals surface area (Å²) in [5.41, 5.74) is 5.08. The molecule has 1 saturated carbocycles. The van der Waals surface area contributed by atoms with Gasteiger partial charge in [-0.3, -0.25) is 5.10 Å². The summed E-state index contributed by atoms with van der Waals surface area (Å²) in [7, 11) is -3.71. The zero-order valence-electron chi connectivity index (χ0n) is 18.1. The molecule has 3 aromatic heterocycles. The Labute approximate surface area is 201 Å². The molecule has 6 rings (SSSR count). The number of rotatable bonds is 6. The van der Waals surface area contributed by atoms with Crippen LogP contribution in [0.3, 0.4) is 0 Å². The fourth-order valence-electron chi connectivity index (χ4n) is 4.63. The van der Waals surface area contributed by atoms with Crippen LogP contribution in [0.2, 0.25) is 0 Å². The maximum Gasteiger partial charge on any atom is 0.265 e. The Hall–Kier alpha value is -2.68. The van der Waals surface area contributed by atoms with Crippen molar-refractivity contribution in [3.8, 4) is 0 Å².